The molecule has 1 rings (SSSR count). The molecule has 0 bridgehead atoms. The molecule has 0 fully saturated rings. The molecule has 94 valence electrons. The SMILES string of the molecule is CCC(O)CCNc1ccc(I)cc1[N+](=O)[O-]. The maximum atomic E-state index is 10.8. The lowest BCUT2D eigenvalue weighted by atomic mass is 10.2. The van der Waals surface area contributed by atoms with Crippen LogP contribution in [-0.4, -0.2) is 22.7 Å². The lowest BCUT2D eigenvalue weighted by Crippen LogP contribution is -2.12. The van der Waals surface area contributed by atoms with E-state index < -0.39 is 4.92 Å². The summed E-state index contributed by atoms with van der Waals surface area (Å²) >= 11 is 2.04. The van der Waals surface area contributed by atoms with E-state index in [2.05, 4.69) is 5.32 Å². The smallest absolute Gasteiger partial charge is 0.293 e. The highest BCUT2D eigenvalue weighted by Gasteiger charge is 2.13. The van der Waals surface area contributed by atoms with E-state index in [1.807, 2.05) is 35.6 Å². The van der Waals surface area contributed by atoms with Crippen molar-refractivity contribution in [3.63, 3.8) is 0 Å². The van der Waals surface area contributed by atoms with Crippen LogP contribution < -0.4 is 5.32 Å². The Kier molecular flexibility index (Phi) is 5.63. The Balaban J connectivity index is 2.67. The van der Waals surface area contributed by atoms with Crippen LogP contribution in [0.4, 0.5) is 11.4 Å². The first kappa shape index (κ1) is 14.2. The molecule has 1 aromatic carbocycles. The van der Waals surface area contributed by atoms with Crippen molar-refractivity contribution in [1.29, 1.82) is 0 Å². The van der Waals surface area contributed by atoms with Gasteiger partial charge < -0.3 is 10.4 Å². The van der Waals surface area contributed by atoms with Gasteiger partial charge in [-0.15, -0.1) is 0 Å². The summed E-state index contributed by atoms with van der Waals surface area (Å²) in [5.41, 5.74) is 0.571. The first-order chi connectivity index (χ1) is 8.04. The summed E-state index contributed by atoms with van der Waals surface area (Å²) in [4.78, 5) is 10.4. The fourth-order valence-corrected chi connectivity index (χ4v) is 1.86. The van der Waals surface area contributed by atoms with Gasteiger partial charge in [-0.05, 0) is 47.6 Å². The van der Waals surface area contributed by atoms with E-state index in [4.69, 9.17) is 0 Å². The first-order valence-electron chi connectivity index (χ1n) is 5.40. The largest absolute Gasteiger partial charge is 0.393 e. The van der Waals surface area contributed by atoms with Gasteiger partial charge in [-0.3, -0.25) is 10.1 Å². The van der Waals surface area contributed by atoms with E-state index in [1.165, 1.54) is 6.07 Å². The van der Waals surface area contributed by atoms with E-state index in [0.29, 0.717) is 25.1 Å². The summed E-state index contributed by atoms with van der Waals surface area (Å²) < 4.78 is 0.827. The third kappa shape index (κ3) is 4.47. The van der Waals surface area contributed by atoms with Crippen molar-refractivity contribution >= 4 is 34.0 Å². The number of aliphatic hydroxyl groups is 1. The zero-order chi connectivity index (χ0) is 12.8. The summed E-state index contributed by atoms with van der Waals surface area (Å²) in [7, 11) is 0. The van der Waals surface area contributed by atoms with E-state index in [-0.39, 0.29) is 11.8 Å². The minimum atomic E-state index is -0.402. The Morgan fingerprint density at radius 3 is 2.88 bits per heavy atom. The van der Waals surface area contributed by atoms with Crippen molar-refractivity contribution in [2.75, 3.05) is 11.9 Å². The van der Waals surface area contributed by atoms with Crippen molar-refractivity contribution in [3.05, 3.63) is 31.9 Å². The van der Waals surface area contributed by atoms with Gasteiger partial charge in [0.25, 0.3) is 5.69 Å². The molecule has 1 aromatic rings. The predicted octanol–water partition coefficient (Wildman–Crippen LogP) is 2.77. The van der Waals surface area contributed by atoms with E-state index in [1.54, 1.807) is 6.07 Å². The molecule has 0 aliphatic heterocycles. The number of nitro groups is 1. The highest BCUT2D eigenvalue weighted by atomic mass is 127. The molecule has 0 aromatic heterocycles. The fraction of sp³-hybridized carbons (Fsp3) is 0.455. The number of halogens is 1. The molecule has 6 heteroatoms. The van der Waals surface area contributed by atoms with Crippen LogP contribution in [0.25, 0.3) is 0 Å². The van der Waals surface area contributed by atoms with Gasteiger partial charge in [0, 0.05) is 16.2 Å². The van der Waals surface area contributed by atoms with Gasteiger partial charge in [0.05, 0.1) is 11.0 Å². The second-order valence-electron chi connectivity index (χ2n) is 3.70. The maximum Gasteiger partial charge on any atom is 0.293 e. The number of nitrogens with zero attached hydrogens (tertiary/aromatic N) is 1. The standard InChI is InChI=1S/C11H15IN2O3/c1-2-9(15)5-6-13-10-4-3-8(12)7-11(10)14(16)17/h3-4,7,9,13,15H,2,5-6H2,1H3. The molecule has 1 unspecified atom stereocenters. The normalized spacial score (nSPS) is 12.2. The second-order valence-corrected chi connectivity index (χ2v) is 4.94. The molecule has 0 saturated carbocycles. The van der Waals surface area contributed by atoms with Crippen molar-refractivity contribution in [2.24, 2.45) is 0 Å². The number of hydrogen-bond donors (Lipinski definition) is 2. The van der Waals surface area contributed by atoms with Crippen LogP contribution in [0.15, 0.2) is 18.2 Å². The van der Waals surface area contributed by atoms with Crippen molar-refractivity contribution in [2.45, 2.75) is 25.9 Å². The Morgan fingerprint density at radius 1 is 1.59 bits per heavy atom. The van der Waals surface area contributed by atoms with Crippen LogP contribution in [0.5, 0.6) is 0 Å². The fourth-order valence-electron chi connectivity index (χ4n) is 1.38. The molecule has 0 saturated heterocycles. The van der Waals surface area contributed by atoms with Gasteiger partial charge in [-0.1, -0.05) is 6.92 Å². The maximum absolute atomic E-state index is 10.8. The average molecular weight is 350 g/mol. The Morgan fingerprint density at radius 2 is 2.29 bits per heavy atom. The number of rotatable bonds is 6. The van der Waals surface area contributed by atoms with Crippen molar-refractivity contribution < 1.29 is 10.0 Å². The zero-order valence-electron chi connectivity index (χ0n) is 9.52. The van der Waals surface area contributed by atoms with Crippen LogP contribution in [0, 0.1) is 13.7 Å². The van der Waals surface area contributed by atoms with Gasteiger partial charge in [0.2, 0.25) is 0 Å². The molecular formula is C11H15IN2O3. The van der Waals surface area contributed by atoms with Crippen LogP contribution in [-0.2, 0) is 0 Å². The van der Waals surface area contributed by atoms with Crippen LogP contribution in [0.1, 0.15) is 19.8 Å². The molecule has 2 N–H and O–H groups in total. The Bertz CT molecular complexity index is 398. The number of hydrogen-bond acceptors (Lipinski definition) is 4. The van der Waals surface area contributed by atoms with Crippen molar-refractivity contribution in [3.8, 4) is 0 Å². The molecule has 0 amide bonds. The number of nitro benzene ring substituents is 1. The molecule has 5 nitrogen and oxygen atoms in total. The number of benzene rings is 1. The highest BCUT2D eigenvalue weighted by molar-refractivity contribution is 14.1. The minimum Gasteiger partial charge on any atom is -0.393 e. The molecule has 0 aliphatic rings. The van der Waals surface area contributed by atoms with Gasteiger partial charge in [-0.25, -0.2) is 0 Å². The van der Waals surface area contributed by atoms with Crippen LogP contribution >= 0.6 is 22.6 Å². The summed E-state index contributed by atoms with van der Waals surface area (Å²) in [6, 6.07) is 5.03. The van der Waals surface area contributed by atoms with E-state index >= 15 is 0 Å². The number of nitrogens with one attached hydrogen (secondary N) is 1. The molecule has 0 aliphatic carbocycles. The monoisotopic (exact) mass is 350 g/mol. The topological polar surface area (TPSA) is 75.4 Å². The average Bonchev–Trinajstić information content (AvgIpc) is 2.30. The van der Waals surface area contributed by atoms with Crippen molar-refractivity contribution in [1.82, 2.24) is 0 Å². The molecular weight excluding hydrogens is 335 g/mol. The van der Waals surface area contributed by atoms with Gasteiger partial charge in [-0.2, -0.15) is 0 Å². The lowest BCUT2D eigenvalue weighted by molar-refractivity contribution is -0.384. The Labute approximate surface area is 114 Å². The predicted molar refractivity (Wildman–Crippen MR) is 75.2 cm³/mol. The molecule has 1 atom stereocenters. The van der Waals surface area contributed by atoms with Gasteiger partial charge >= 0.3 is 0 Å². The van der Waals surface area contributed by atoms with E-state index in [0.717, 1.165) is 3.57 Å². The molecule has 17 heavy (non-hydrogen) atoms. The van der Waals surface area contributed by atoms with Crippen LogP contribution in [0.3, 0.4) is 0 Å². The minimum absolute atomic E-state index is 0.0721. The number of aliphatic hydroxyl groups excluding tert-OH is 1. The van der Waals surface area contributed by atoms with Gasteiger partial charge in [0.15, 0.2) is 0 Å². The highest BCUT2D eigenvalue weighted by Crippen LogP contribution is 2.26. The third-order valence-electron chi connectivity index (χ3n) is 2.42. The zero-order valence-corrected chi connectivity index (χ0v) is 11.7. The molecule has 0 heterocycles. The van der Waals surface area contributed by atoms with E-state index in [9.17, 15) is 15.2 Å². The first-order valence-corrected chi connectivity index (χ1v) is 6.48. The number of anilines is 1. The third-order valence-corrected chi connectivity index (χ3v) is 3.09. The summed E-state index contributed by atoms with van der Waals surface area (Å²) in [5.74, 6) is 0. The molecule has 0 spiro atoms. The second kappa shape index (κ2) is 6.75. The van der Waals surface area contributed by atoms with Crippen LogP contribution in [0.2, 0.25) is 0 Å². The Hall–Kier alpha value is -0.890. The lowest BCUT2D eigenvalue weighted by Gasteiger charge is -2.10. The van der Waals surface area contributed by atoms with Gasteiger partial charge in [0.1, 0.15) is 5.69 Å². The summed E-state index contributed by atoms with van der Waals surface area (Å²) in [6.45, 7) is 2.43. The summed E-state index contributed by atoms with van der Waals surface area (Å²) in [6.07, 6.45) is 0.918. The quantitative estimate of drug-likeness (QED) is 0.470. The summed E-state index contributed by atoms with van der Waals surface area (Å²) in [5, 5.41) is 23.2. The molecule has 0 radical (unpaired) electrons.